The number of rotatable bonds is 6. The number of carbonyl (C=O) groups is 3. The minimum atomic E-state index is -1.26. The maximum atomic E-state index is 12.2. The molecule has 0 spiro atoms. The van der Waals surface area contributed by atoms with Gasteiger partial charge in [0, 0.05) is 16.5 Å². The second kappa shape index (κ2) is 7.43. The van der Waals surface area contributed by atoms with E-state index < -0.39 is 23.3 Å². The largest absolute Gasteiger partial charge is 0.496 e. The van der Waals surface area contributed by atoms with E-state index in [4.69, 9.17) is 9.15 Å². The first-order valence-electron chi connectivity index (χ1n) is 7.94. The van der Waals surface area contributed by atoms with Crippen molar-refractivity contribution < 1.29 is 28.6 Å². The molecule has 2 rings (SSSR count). The van der Waals surface area contributed by atoms with Crippen molar-refractivity contribution in [3.8, 4) is 17.1 Å². The van der Waals surface area contributed by atoms with Crippen molar-refractivity contribution in [1.82, 2.24) is 5.32 Å². The third-order valence-electron chi connectivity index (χ3n) is 3.78. The fourth-order valence-corrected chi connectivity index (χ4v) is 2.29. The summed E-state index contributed by atoms with van der Waals surface area (Å²) in [5.41, 5.74) is 0.189. The van der Waals surface area contributed by atoms with Gasteiger partial charge in [-0.15, -0.1) is 0 Å². The van der Waals surface area contributed by atoms with Gasteiger partial charge in [0.15, 0.2) is 18.1 Å². The van der Waals surface area contributed by atoms with E-state index in [9.17, 15) is 19.5 Å². The van der Waals surface area contributed by atoms with Gasteiger partial charge >= 0.3 is 5.97 Å². The van der Waals surface area contributed by atoms with Crippen molar-refractivity contribution >= 4 is 18.2 Å². The van der Waals surface area contributed by atoms with E-state index >= 15 is 0 Å². The molecule has 0 radical (unpaired) electrons. The van der Waals surface area contributed by atoms with Gasteiger partial charge in [-0.3, -0.25) is 9.59 Å². The lowest BCUT2D eigenvalue weighted by atomic mass is 9.94. The smallest absolute Gasteiger partial charge is 0.331 e. The van der Waals surface area contributed by atoms with Gasteiger partial charge in [0.25, 0.3) is 0 Å². The molecule has 1 amide bonds. The SMILES string of the molecule is COc1cc(-c2ccc(C=O)o2)ccc1C(NC(=O)C(C)(C)C)C(=O)O. The minimum Gasteiger partial charge on any atom is -0.496 e. The average molecular weight is 359 g/mol. The summed E-state index contributed by atoms with van der Waals surface area (Å²) in [5.74, 6) is -0.674. The zero-order valence-corrected chi connectivity index (χ0v) is 15.0. The molecular formula is C19H21NO6. The summed E-state index contributed by atoms with van der Waals surface area (Å²) in [6.07, 6.45) is 0.595. The Kier molecular flexibility index (Phi) is 5.50. The zero-order valence-electron chi connectivity index (χ0n) is 15.0. The molecule has 7 nitrogen and oxygen atoms in total. The van der Waals surface area contributed by atoms with Crippen LogP contribution in [0, 0.1) is 5.41 Å². The Labute approximate surface area is 151 Å². The van der Waals surface area contributed by atoms with E-state index in [0.717, 1.165) is 0 Å². The first kappa shape index (κ1) is 19.2. The van der Waals surface area contributed by atoms with Gasteiger partial charge in [0.2, 0.25) is 5.91 Å². The summed E-state index contributed by atoms with van der Waals surface area (Å²) in [6, 6.07) is 6.71. The number of carbonyl (C=O) groups excluding carboxylic acids is 2. The van der Waals surface area contributed by atoms with Crippen molar-refractivity contribution in [2.45, 2.75) is 26.8 Å². The van der Waals surface area contributed by atoms with Gasteiger partial charge in [-0.1, -0.05) is 32.9 Å². The molecule has 1 aromatic carbocycles. The van der Waals surface area contributed by atoms with Gasteiger partial charge in [-0.25, -0.2) is 4.79 Å². The average Bonchev–Trinajstić information content (AvgIpc) is 3.07. The molecule has 0 saturated heterocycles. The van der Waals surface area contributed by atoms with Crippen molar-refractivity contribution in [3.63, 3.8) is 0 Å². The number of benzene rings is 1. The summed E-state index contributed by atoms with van der Waals surface area (Å²) in [7, 11) is 1.41. The lowest BCUT2D eigenvalue weighted by molar-refractivity contribution is -0.143. The highest BCUT2D eigenvalue weighted by Gasteiger charge is 2.30. The number of nitrogens with one attached hydrogen (secondary N) is 1. The molecule has 0 aliphatic carbocycles. The Morgan fingerprint density at radius 1 is 1.23 bits per heavy atom. The van der Waals surface area contributed by atoms with Crippen LogP contribution in [0.1, 0.15) is 42.9 Å². The minimum absolute atomic E-state index is 0.184. The van der Waals surface area contributed by atoms with Crippen LogP contribution in [0.4, 0.5) is 0 Å². The third-order valence-corrected chi connectivity index (χ3v) is 3.78. The van der Waals surface area contributed by atoms with Crippen molar-refractivity contribution in [2.75, 3.05) is 7.11 Å². The quantitative estimate of drug-likeness (QED) is 0.768. The molecule has 0 saturated carbocycles. The van der Waals surface area contributed by atoms with Gasteiger partial charge in [0.1, 0.15) is 11.5 Å². The van der Waals surface area contributed by atoms with Crippen LogP contribution in [-0.4, -0.2) is 30.4 Å². The molecule has 0 aliphatic rings. The highest BCUT2D eigenvalue weighted by Crippen LogP contribution is 2.32. The van der Waals surface area contributed by atoms with Crippen LogP contribution in [-0.2, 0) is 9.59 Å². The second-order valence-electron chi connectivity index (χ2n) is 6.77. The molecule has 0 fully saturated rings. The highest BCUT2D eigenvalue weighted by molar-refractivity contribution is 5.88. The van der Waals surface area contributed by atoms with Crippen molar-refractivity contribution in [1.29, 1.82) is 0 Å². The van der Waals surface area contributed by atoms with Gasteiger partial charge in [-0.2, -0.15) is 0 Å². The monoisotopic (exact) mass is 359 g/mol. The summed E-state index contributed by atoms with van der Waals surface area (Å²) in [6.45, 7) is 5.09. The lowest BCUT2D eigenvalue weighted by Crippen LogP contribution is -2.40. The highest BCUT2D eigenvalue weighted by atomic mass is 16.5. The van der Waals surface area contributed by atoms with E-state index in [1.54, 1.807) is 45.0 Å². The molecule has 2 N–H and O–H groups in total. The predicted octanol–water partition coefficient (Wildman–Crippen LogP) is 3.06. The first-order chi connectivity index (χ1) is 12.2. The van der Waals surface area contributed by atoms with Crippen molar-refractivity contribution in [2.24, 2.45) is 5.41 Å². The van der Waals surface area contributed by atoms with Gasteiger partial charge in [-0.05, 0) is 18.2 Å². The molecule has 1 atom stereocenters. The Hall–Kier alpha value is -3.09. The zero-order chi connectivity index (χ0) is 19.5. The van der Waals surface area contributed by atoms with E-state index in [0.29, 0.717) is 23.2 Å². The maximum Gasteiger partial charge on any atom is 0.331 e. The number of aldehydes is 1. The summed E-state index contributed by atoms with van der Waals surface area (Å²) < 4.78 is 10.7. The number of carboxylic acids is 1. The van der Waals surface area contributed by atoms with Crippen LogP contribution in [0.5, 0.6) is 5.75 Å². The fraction of sp³-hybridized carbons (Fsp3) is 0.316. The second-order valence-corrected chi connectivity index (χ2v) is 6.77. The molecule has 138 valence electrons. The predicted molar refractivity (Wildman–Crippen MR) is 94.1 cm³/mol. The Morgan fingerprint density at radius 3 is 2.42 bits per heavy atom. The molecular weight excluding hydrogens is 338 g/mol. The normalized spacial score (nSPS) is 12.3. The third kappa shape index (κ3) is 4.11. The first-order valence-corrected chi connectivity index (χ1v) is 7.94. The number of aliphatic carboxylic acids is 1. The van der Waals surface area contributed by atoms with Gasteiger partial charge < -0.3 is 19.6 Å². The Balaban J connectivity index is 2.41. The van der Waals surface area contributed by atoms with Crippen LogP contribution in [0.3, 0.4) is 0 Å². The Morgan fingerprint density at radius 2 is 1.92 bits per heavy atom. The molecule has 26 heavy (non-hydrogen) atoms. The molecule has 1 unspecified atom stereocenters. The van der Waals surface area contributed by atoms with Crippen LogP contribution in [0.15, 0.2) is 34.7 Å². The van der Waals surface area contributed by atoms with Crippen LogP contribution >= 0.6 is 0 Å². The van der Waals surface area contributed by atoms with E-state index in [1.165, 1.54) is 13.2 Å². The number of ether oxygens (including phenoxy) is 1. The molecule has 1 aromatic heterocycles. The van der Waals surface area contributed by atoms with E-state index in [-0.39, 0.29) is 11.5 Å². The topological polar surface area (TPSA) is 106 Å². The van der Waals surface area contributed by atoms with Crippen molar-refractivity contribution in [3.05, 3.63) is 41.7 Å². The lowest BCUT2D eigenvalue weighted by Gasteiger charge is -2.23. The van der Waals surface area contributed by atoms with E-state index in [1.807, 2.05) is 0 Å². The van der Waals surface area contributed by atoms with Crippen LogP contribution < -0.4 is 10.1 Å². The molecule has 0 bridgehead atoms. The maximum absolute atomic E-state index is 12.2. The number of hydrogen-bond acceptors (Lipinski definition) is 5. The Bertz CT molecular complexity index is 831. The summed E-state index contributed by atoms with van der Waals surface area (Å²) >= 11 is 0. The fourth-order valence-electron chi connectivity index (χ4n) is 2.29. The number of hydrogen-bond donors (Lipinski definition) is 2. The standard InChI is InChI=1S/C19H21NO6/c1-19(2,3)18(24)20-16(17(22)23)13-7-5-11(9-15(13)25-4)14-8-6-12(10-21)26-14/h5-10,16H,1-4H3,(H,20,24)(H,22,23). The molecule has 1 heterocycles. The summed E-state index contributed by atoms with van der Waals surface area (Å²) in [5, 5.41) is 12.1. The number of methoxy groups -OCH3 is 1. The molecule has 7 heteroatoms. The number of furan rings is 1. The molecule has 2 aromatic rings. The van der Waals surface area contributed by atoms with Crippen LogP contribution in [0.2, 0.25) is 0 Å². The summed E-state index contributed by atoms with van der Waals surface area (Å²) in [4.78, 5) is 34.7. The number of carboxylic acid groups (broad SMARTS) is 1. The van der Waals surface area contributed by atoms with Crippen LogP contribution in [0.25, 0.3) is 11.3 Å². The van der Waals surface area contributed by atoms with Gasteiger partial charge in [0.05, 0.1) is 7.11 Å². The molecule has 0 aliphatic heterocycles. The number of amides is 1. The van der Waals surface area contributed by atoms with E-state index in [2.05, 4.69) is 5.32 Å².